The van der Waals surface area contributed by atoms with Crippen LogP contribution < -0.4 is 0 Å². The molecule has 0 unspecified atom stereocenters. The standard InChI is InChI=1S/C7H14O3S/c1-10-4-2-5-11-6-3-7(8)9/h2-6H2,1H3,(H,8,9). The number of hydrogen-bond donors (Lipinski definition) is 1. The van der Waals surface area contributed by atoms with E-state index in [1.54, 1.807) is 18.9 Å². The Morgan fingerprint density at radius 2 is 2.27 bits per heavy atom. The highest BCUT2D eigenvalue weighted by Crippen LogP contribution is 2.03. The first kappa shape index (κ1) is 10.8. The van der Waals surface area contributed by atoms with Crippen molar-refractivity contribution in [2.45, 2.75) is 12.8 Å². The van der Waals surface area contributed by atoms with Gasteiger partial charge in [-0.2, -0.15) is 11.8 Å². The van der Waals surface area contributed by atoms with E-state index in [0.29, 0.717) is 5.75 Å². The Bertz CT molecular complexity index is 106. The molecule has 0 aliphatic heterocycles. The number of carboxylic acid groups (broad SMARTS) is 1. The topological polar surface area (TPSA) is 46.5 Å². The molecule has 3 nitrogen and oxygen atoms in total. The van der Waals surface area contributed by atoms with E-state index in [1.165, 1.54) is 0 Å². The van der Waals surface area contributed by atoms with Crippen molar-refractivity contribution in [3.63, 3.8) is 0 Å². The molecule has 0 aromatic carbocycles. The third-order valence-electron chi connectivity index (χ3n) is 1.10. The second-order valence-electron chi connectivity index (χ2n) is 2.10. The quantitative estimate of drug-likeness (QED) is 0.596. The lowest BCUT2D eigenvalue weighted by molar-refractivity contribution is -0.136. The van der Waals surface area contributed by atoms with Crippen LogP contribution >= 0.6 is 11.8 Å². The van der Waals surface area contributed by atoms with Crippen LogP contribution in [-0.2, 0) is 9.53 Å². The molecule has 0 rings (SSSR count). The number of methoxy groups -OCH3 is 1. The van der Waals surface area contributed by atoms with Crippen molar-refractivity contribution in [3.05, 3.63) is 0 Å². The zero-order valence-electron chi connectivity index (χ0n) is 6.71. The van der Waals surface area contributed by atoms with Crippen LogP contribution in [-0.4, -0.2) is 36.3 Å². The molecule has 0 aromatic rings. The van der Waals surface area contributed by atoms with Gasteiger partial charge in [0.25, 0.3) is 0 Å². The molecule has 0 heterocycles. The van der Waals surface area contributed by atoms with E-state index in [4.69, 9.17) is 9.84 Å². The van der Waals surface area contributed by atoms with Gasteiger partial charge in [-0.25, -0.2) is 0 Å². The zero-order chi connectivity index (χ0) is 8.53. The molecule has 0 spiro atoms. The van der Waals surface area contributed by atoms with Crippen LogP contribution in [0.5, 0.6) is 0 Å². The van der Waals surface area contributed by atoms with Crippen molar-refractivity contribution in [1.29, 1.82) is 0 Å². The first-order valence-electron chi connectivity index (χ1n) is 3.56. The number of thioether (sulfide) groups is 1. The summed E-state index contributed by atoms with van der Waals surface area (Å²) in [5.41, 5.74) is 0. The van der Waals surface area contributed by atoms with Gasteiger partial charge in [0, 0.05) is 19.5 Å². The first-order valence-corrected chi connectivity index (χ1v) is 4.71. The minimum absolute atomic E-state index is 0.262. The first-order chi connectivity index (χ1) is 5.27. The maximum absolute atomic E-state index is 10.1. The number of ether oxygens (including phenoxy) is 1. The molecular weight excluding hydrogens is 164 g/mol. The summed E-state index contributed by atoms with van der Waals surface area (Å²) < 4.78 is 4.84. The Labute approximate surface area is 71.1 Å². The van der Waals surface area contributed by atoms with Crippen molar-refractivity contribution >= 4 is 17.7 Å². The van der Waals surface area contributed by atoms with Crippen molar-refractivity contribution in [3.8, 4) is 0 Å². The molecule has 0 aliphatic carbocycles. The molecule has 0 bridgehead atoms. The predicted octanol–water partition coefficient (Wildman–Crippen LogP) is 1.23. The molecule has 0 fully saturated rings. The van der Waals surface area contributed by atoms with Crippen LogP contribution in [0.4, 0.5) is 0 Å². The van der Waals surface area contributed by atoms with Crippen LogP contribution in [0.3, 0.4) is 0 Å². The van der Waals surface area contributed by atoms with Crippen molar-refractivity contribution in [2.75, 3.05) is 25.2 Å². The van der Waals surface area contributed by atoms with Crippen LogP contribution in [0.1, 0.15) is 12.8 Å². The van der Waals surface area contributed by atoms with Gasteiger partial charge in [-0.05, 0) is 12.2 Å². The molecular formula is C7H14O3S. The lowest BCUT2D eigenvalue weighted by atomic mass is 10.5. The monoisotopic (exact) mass is 178 g/mol. The lowest BCUT2D eigenvalue weighted by Crippen LogP contribution is -1.97. The van der Waals surface area contributed by atoms with E-state index < -0.39 is 5.97 Å². The van der Waals surface area contributed by atoms with Crippen LogP contribution in [0.25, 0.3) is 0 Å². The second kappa shape index (κ2) is 7.88. The number of carboxylic acids is 1. The van der Waals surface area contributed by atoms with Gasteiger partial charge in [0.2, 0.25) is 0 Å². The number of aliphatic carboxylic acids is 1. The Hall–Kier alpha value is -0.220. The molecule has 11 heavy (non-hydrogen) atoms. The van der Waals surface area contributed by atoms with Gasteiger partial charge in [0.15, 0.2) is 0 Å². The van der Waals surface area contributed by atoms with Crippen molar-refractivity contribution in [1.82, 2.24) is 0 Å². The average molecular weight is 178 g/mol. The number of rotatable bonds is 7. The zero-order valence-corrected chi connectivity index (χ0v) is 7.52. The van der Waals surface area contributed by atoms with Crippen molar-refractivity contribution in [2.24, 2.45) is 0 Å². The minimum atomic E-state index is -0.718. The molecule has 0 aromatic heterocycles. The van der Waals surface area contributed by atoms with Gasteiger partial charge >= 0.3 is 5.97 Å². The maximum atomic E-state index is 10.1. The summed E-state index contributed by atoms with van der Waals surface area (Å²) >= 11 is 1.66. The highest BCUT2D eigenvalue weighted by molar-refractivity contribution is 7.99. The molecule has 0 saturated heterocycles. The van der Waals surface area contributed by atoms with Crippen LogP contribution in [0.15, 0.2) is 0 Å². The smallest absolute Gasteiger partial charge is 0.304 e. The lowest BCUT2D eigenvalue weighted by Gasteiger charge is -1.98. The Balaban J connectivity index is 2.85. The summed E-state index contributed by atoms with van der Waals surface area (Å²) in [6.45, 7) is 0.764. The van der Waals surface area contributed by atoms with E-state index in [9.17, 15) is 4.79 Å². The van der Waals surface area contributed by atoms with Gasteiger partial charge in [-0.1, -0.05) is 0 Å². The van der Waals surface area contributed by atoms with Gasteiger partial charge in [-0.3, -0.25) is 4.79 Å². The summed E-state index contributed by atoms with van der Waals surface area (Å²) in [6.07, 6.45) is 1.26. The molecule has 0 atom stereocenters. The summed E-state index contributed by atoms with van der Waals surface area (Å²) in [7, 11) is 1.67. The Morgan fingerprint density at radius 3 is 2.82 bits per heavy atom. The molecule has 66 valence electrons. The summed E-state index contributed by atoms with van der Waals surface area (Å²) in [5.74, 6) is 0.976. The number of hydrogen-bond acceptors (Lipinski definition) is 3. The van der Waals surface area contributed by atoms with E-state index in [0.717, 1.165) is 18.8 Å². The molecule has 0 aliphatic rings. The Morgan fingerprint density at radius 1 is 1.55 bits per heavy atom. The number of carbonyl (C=O) groups is 1. The SMILES string of the molecule is COCCCSCCC(=O)O. The fourth-order valence-electron chi connectivity index (χ4n) is 0.567. The van der Waals surface area contributed by atoms with Gasteiger partial charge in [0.05, 0.1) is 6.42 Å². The van der Waals surface area contributed by atoms with E-state index in [1.807, 2.05) is 0 Å². The molecule has 0 saturated carbocycles. The molecule has 0 radical (unpaired) electrons. The third kappa shape index (κ3) is 9.78. The van der Waals surface area contributed by atoms with Crippen molar-refractivity contribution < 1.29 is 14.6 Å². The fourth-order valence-corrected chi connectivity index (χ4v) is 1.41. The van der Waals surface area contributed by atoms with E-state index in [-0.39, 0.29) is 6.42 Å². The summed E-state index contributed by atoms with van der Waals surface area (Å²) in [6, 6.07) is 0. The highest BCUT2D eigenvalue weighted by Gasteiger charge is 1.95. The van der Waals surface area contributed by atoms with Gasteiger partial charge in [0.1, 0.15) is 0 Å². The average Bonchev–Trinajstić information content (AvgIpc) is 1.96. The second-order valence-corrected chi connectivity index (χ2v) is 3.33. The summed E-state index contributed by atoms with van der Waals surface area (Å²) in [4.78, 5) is 10.1. The molecule has 4 heteroatoms. The molecule has 0 amide bonds. The Kier molecular flexibility index (Phi) is 7.72. The summed E-state index contributed by atoms with van der Waals surface area (Å²) in [5, 5.41) is 8.28. The van der Waals surface area contributed by atoms with E-state index >= 15 is 0 Å². The highest BCUT2D eigenvalue weighted by atomic mass is 32.2. The predicted molar refractivity (Wildman–Crippen MR) is 46.1 cm³/mol. The van der Waals surface area contributed by atoms with Crippen LogP contribution in [0.2, 0.25) is 0 Å². The minimum Gasteiger partial charge on any atom is -0.481 e. The fraction of sp³-hybridized carbons (Fsp3) is 0.857. The molecule has 1 N–H and O–H groups in total. The normalized spacial score (nSPS) is 9.91. The largest absolute Gasteiger partial charge is 0.481 e. The van der Waals surface area contributed by atoms with Gasteiger partial charge in [-0.15, -0.1) is 0 Å². The van der Waals surface area contributed by atoms with Crippen LogP contribution in [0, 0.1) is 0 Å². The van der Waals surface area contributed by atoms with Gasteiger partial charge < -0.3 is 9.84 Å². The van der Waals surface area contributed by atoms with E-state index in [2.05, 4.69) is 0 Å². The third-order valence-corrected chi connectivity index (χ3v) is 2.17. The maximum Gasteiger partial charge on any atom is 0.304 e.